The maximum Gasteiger partial charge on any atom is 0.209 e. The molecule has 2 heterocycles. The Bertz CT molecular complexity index is 272. The summed E-state index contributed by atoms with van der Waals surface area (Å²) < 4.78 is 11.3. The average Bonchev–Trinajstić information content (AvgIpc) is 2.24. The highest BCUT2D eigenvalue weighted by Gasteiger charge is 2.36. The highest BCUT2D eigenvalue weighted by Crippen LogP contribution is 2.36. The van der Waals surface area contributed by atoms with Crippen molar-refractivity contribution in [3.8, 4) is 6.07 Å². The molecule has 2 aliphatic rings. The zero-order chi connectivity index (χ0) is 9.86. The second kappa shape index (κ2) is 4.02. The first kappa shape index (κ1) is 9.54. The Kier molecular flexibility index (Phi) is 2.74. The number of allylic oxidation sites excluding steroid dienone is 1. The van der Waals surface area contributed by atoms with E-state index in [1.165, 1.54) is 6.42 Å². The number of ether oxygens (including phenoxy) is 2. The van der Waals surface area contributed by atoms with Gasteiger partial charge in [-0.05, 0) is 24.8 Å². The third kappa shape index (κ3) is 1.91. The van der Waals surface area contributed by atoms with E-state index in [0.29, 0.717) is 6.42 Å². The van der Waals surface area contributed by atoms with Crippen LogP contribution in [0.5, 0.6) is 0 Å². The van der Waals surface area contributed by atoms with Crippen LogP contribution in [0.1, 0.15) is 38.5 Å². The summed E-state index contributed by atoms with van der Waals surface area (Å²) >= 11 is 0. The molecule has 0 bridgehead atoms. The minimum Gasteiger partial charge on any atom is -0.470 e. The van der Waals surface area contributed by atoms with Gasteiger partial charge in [0.2, 0.25) is 5.79 Å². The van der Waals surface area contributed by atoms with Crippen molar-refractivity contribution in [2.24, 2.45) is 0 Å². The van der Waals surface area contributed by atoms with Crippen LogP contribution in [-0.4, -0.2) is 12.4 Å². The second-order valence-corrected chi connectivity index (χ2v) is 3.95. The summed E-state index contributed by atoms with van der Waals surface area (Å²) in [7, 11) is 0. The third-order valence-electron chi connectivity index (χ3n) is 2.89. The van der Waals surface area contributed by atoms with Gasteiger partial charge in [0.05, 0.1) is 25.4 Å². The van der Waals surface area contributed by atoms with Crippen LogP contribution < -0.4 is 0 Å². The number of rotatable bonds is 1. The first-order valence-electron chi connectivity index (χ1n) is 5.21. The molecule has 2 rings (SSSR count). The predicted molar refractivity (Wildman–Crippen MR) is 51.2 cm³/mol. The van der Waals surface area contributed by atoms with Crippen LogP contribution in [-0.2, 0) is 9.47 Å². The highest BCUT2D eigenvalue weighted by molar-refractivity contribution is 5.08. The van der Waals surface area contributed by atoms with Gasteiger partial charge in [-0.2, -0.15) is 5.26 Å². The van der Waals surface area contributed by atoms with Gasteiger partial charge in [0.25, 0.3) is 0 Å². The van der Waals surface area contributed by atoms with Crippen molar-refractivity contribution in [3.63, 3.8) is 0 Å². The Morgan fingerprint density at radius 1 is 1.43 bits per heavy atom. The lowest BCUT2D eigenvalue weighted by Crippen LogP contribution is -2.39. The summed E-state index contributed by atoms with van der Waals surface area (Å²) in [5.41, 5.74) is 1.09. The van der Waals surface area contributed by atoms with Crippen molar-refractivity contribution < 1.29 is 9.47 Å². The lowest BCUT2D eigenvalue weighted by Gasteiger charge is -2.39. The number of hydrogen-bond donors (Lipinski definition) is 0. The summed E-state index contributed by atoms with van der Waals surface area (Å²) in [6.45, 7) is 0.807. The monoisotopic (exact) mass is 193 g/mol. The van der Waals surface area contributed by atoms with Crippen molar-refractivity contribution in [1.29, 1.82) is 5.26 Å². The Morgan fingerprint density at radius 3 is 2.93 bits per heavy atom. The SMILES string of the molecule is N#CCC1=COC2(CCCCO2)CC1. The van der Waals surface area contributed by atoms with Crippen LogP contribution in [0.3, 0.4) is 0 Å². The molecule has 1 atom stereocenters. The minimum atomic E-state index is -0.350. The molecule has 1 fully saturated rings. The van der Waals surface area contributed by atoms with Crippen LogP contribution in [0.2, 0.25) is 0 Å². The van der Waals surface area contributed by atoms with Gasteiger partial charge in [0, 0.05) is 12.8 Å². The summed E-state index contributed by atoms with van der Waals surface area (Å²) in [5.74, 6) is -0.350. The van der Waals surface area contributed by atoms with Gasteiger partial charge >= 0.3 is 0 Å². The normalized spacial score (nSPS) is 31.8. The van der Waals surface area contributed by atoms with E-state index in [9.17, 15) is 0 Å². The molecule has 3 nitrogen and oxygen atoms in total. The zero-order valence-electron chi connectivity index (χ0n) is 8.29. The molecular weight excluding hydrogens is 178 g/mol. The van der Waals surface area contributed by atoms with E-state index in [1.54, 1.807) is 6.26 Å². The molecule has 14 heavy (non-hydrogen) atoms. The van der Waals surface area contributed by atoms with Gasteiger partial charge in [0.15, 0.2) is 0 Å². The van der Waals surface area contributed by atoms with E-state index in [1.807, 2.05) is 0 Å². The van der Waals surface area contributed by atoms with Crippen LogP contribution in [0, 0.1) is 11.3 Å². The van der Waals surface area contributed by atoms with Crippen LogP contribution in [0.25, 0.3) is 0 Å². The molecule has 1 spiro atoms. The van der Waals surface area contributed by atoms with Gasteiger partial charge < -0.3 is 9.47 Å². The van der Waals surface area contributed by atoms with Gasteiger partial charge in [-0.3, -0.25) is 0 Å². The van der Waals surface area contributed by atoms with Gasteiger partial charge in [-0.15, -0.1) is 0 Å². The van der Waals surface area contributed by atoms with E-state index in [2.05, 4.69) is 6.07 Å². The first-order chi connectivity index (χ1) is 6.85. The largest absolute Gasteiger partial charge is 0.470 e. The number of nitrogens with zero attached hydrogens (tertiary/aromatic N) is 1. The molecule has 0 aliphatic carbocycles. The van der Waals surface area contributed by atoms with Crippen molar-refractivity contribution in [1.82, 2.24) is 0 Å². The lowest BCUT2D eigenvalue weighted by atomic mass is 9.95. The van der Waals surface area contributed by atoms with Gasteiger partial charge in [-0.25, -0.2) is 0 Å². The predicted octanol–water partition coefficient (Wildman–Crippen LogP) is 2.49. The van der Waals surface area contributed by atoms with E-state index in [0.717, 1.165) is 37.9 Å². The van der Waals surface area contributed by atoms with Gasteiger partial charge in [-0.1, -0.05) is 0 Å². The molecule has 0 saturated carbocycles. The Hall–Kier alpha value is -1.01. The van der Waals surface area contributed by atoms with Gasteiger partial charge in [0.1, 0.15) is 0 Å². The molecule has 0 amide bonds. The summed E-state index contributed by atoms with van der Waals surface area (Å²) in [6, 6.07) is 2.14. The third-order valence-corrected chi connectivity index (χ3v) is 2.89. The van der Waals surface area contributed by atoms with Crippen molar-refractivity contribution >= 4 is 0 Å². The Labute approximate surface area is 84.3 Å². The van der Waals surface area contributed by atoms with E-state index < -0.39 is 0 Å². The van der Waals surface area contributed by atoms with Crippen LogP contribution in [0.15, 0.2) is 11.8 Å². The molecule has 3 heteroatoms. The average molecular weight is 193 g/mol. The molecule has 0 radical (unpaired) electrons. The fraction of sp³-hybridized carbons (Fsp3) is 0.727. The Balaban J connectivity index is 1.97. The van der Waals surface area contributed by atoms with E-state index >= 15 is 0 Å². The zero-order valence-corrected chi connectivity index (χ0v) is 8.29. The van der Waals surface area contributed by atoms with Crippen molar-refractivity contribution in [2.75, 3.05) is 6.61 Å². The topological polar surface area (TPSA) is 42.2 Å². The van der Waals surface area contributed by atoms with Crippen molar-refractivity contribution in [2.45, 2.75) is 44.3 Å². The van der Waals surface area contributed by atoms with E-state index in [-0.39, 0.29) is 5.79 Å². The molecule has 0 aromatic heterocycles. The standard InChI is InChI=1S/C11H15NO2/c12-7-4-10-3-6-11(14-9-10)5-1-2-8-13-11/h9H,1-6,8H2. The second-order valence-electron chi connectivity index (χ2n) is 3.95. The fourth-order valence-corrected chi connectivity index (χ4v) is 2.01. The summed E-state index contributed by atoms with van der Waals surface area (Å²) in [6.07, 6.45) is 7.37. The number of hydrogen-bond acceptors (Lipinski definition) is 3. The quantitative estimate of drug-likeness (QED) is 0.642. The molecule has 0 aromatic rings. The fourth-order valence-electron chi connectivity index (χ4n) is 2.01. The molecule has 1 unspecified atom stereocenters. The van der Waals surface area contributed by atoms with Crippen LogP contribution >= 0.6 is 0 Å². The summed E-state index contributed by atoms with van der Waals surface area (Å²) in [4.78, 5) is 0. The first-order valence-corrected chi connectivity index (χ1v) is 5.21. The molecule has 0 aromatic carbocycles. The Morgan fingerprint density at radius 2 is 2.36 bits per heavy atom. The number of nitriles is 1. The molecule has 1 saturated heterocycles. The minimum absolute atomic E-state index is 0.350. The van der Waals surface area contributed by atoms with Crippen molar-refractivity contribution in [3.05, 3.63) is 11.8 Å². The molecular formula is C11H15NO2. The highest BCUT2D eigenvalue weighted by atomic mass is 16.7. The summed E-state index contributed by atoms with van der Waals surface area (Å²) in [5, 5.41) is 8.54. The lowest BCUT2D eigenvalue weighted by molar-refractivity contribution is -0.237. The molecule has 76 valence electrons. The smallest absolute Gasteiger partial charge is 0.209 e. The van der Waals surface area contributed by atoms with E-state index in [4.69, 9.17) is 14.7 Å². The maximum atomic E-state index is 8.54. The van der Waals surface area contributed by atoms with Crippen LogP contribution in [0.4, 0.5) is 0 Å². The molecule has 2 aliphatic heterocycles. The molecule has 0 N–H and O–H groups in total. The maximum absolute atomic E-state index is 8.54.